The van der Waals surface area contributed by atoms with Crippen LogP contribution in [0.1, 0.15) is 62.5 Å². The highest BCUT2D eigenvalue weighted by molar-refractivity contribution is 5.70. The summed E-state index contributed by atoms with van der Waals surface area (Å²) in [6, 6.07) is 4.07. The van der Waals surface area contributed by atoms with Gasteiger partial charge in [0.05, 0.1) is 21.7 Å². The van der Waals surface area contributed by atoms with E-state index in [2.05, 4.69) is 5.32 Å². The molecule has 5 N–H and O–H groups in total. The number of nitrogens with zero attached hydrogens (tertiary/aromatic N) is 2. The number of halogens is 7. The summed E-state index contributed by atoms with van der Waals surface area (Å²) in [5.74, 6) is -3.23. The van der Waals surface area contributed by atoms with E-state index in [4.69, 9.17) is 15.9 Å². The smallest absolute Gasteiger partial charge is 0.423 e. The Morgan fingerprint density at radius 1 is 0.723 bits per heavy atom. The summed E-state index contributed by atoms with van der Waals surface area (Å²) < 4.78 is 87.5. The van der Waals surface area contributed by atoms with Gasteiger partial charge in [0.25, 0.3) is 11.4 Å². The summed E-state index contributed by atoms with van der Waals surface area (Å²) in [4.78, 5) is 39.9. The molecule has 19 heteroatoms. The Morgan fingerprint density at radius 3 is 1.53 bits per heavy atom. The molecule has 2 aliphatic carbocycles. The Labute approximate surface area is 262 Å². The number of nitro benzene ring substituents is 2. The Bertz CT molecular complexity index is 1420. The predicted octanol–water partition coefficient (Wildman–Crippen LogP) is 7.01. The van der Waals surface area contributed by atoms with E-state index in [9.17, 15) is 60.6 Å². The van der Waals surface area contributed by atoms with Gasteiger partial charge in [0, 0.05) is 29.9 Å². The van der Waals surface area contributed by atoms with Crippen LogP contribution in [0, 0.1) is 37.9 Å². The van der Waals surface area contributed by atoms with Crippen LogP contribution < -0.4 is 11.1 Å². The molecule has 47 heavy (non-hydrogen) atoms. The standard InChI is InChI=1S/C14H15F3N2O4.C7H3F4NO2.C7H13NO2/c15-14(16,17)11-7-10(5-6-12(11)19(22)23)18-9-3-1-8(2-4-9)13(20)21;8-4-1-2-6(12(13)14)5(3-4)7(9,10)11;8-6-3-1-5(2-4-6)7(9)10/h5-9,18H,1-4H2,(H,20,21);1-3H;5-6H,1-4,8H2,(H,9,10). The van der Waals surface area contributed by atoms with Crippen molar-refractivity contribution in [2.45, 2.75) is 75.8 Å². The highest BCUT2D eigenvalue weighted by Crippen LogP contribution is 2.39. The quantitative estimate of drug-likeness (QED) is 0.139. The number of carbonyl (C=O) groups is 2. The fourth-order valence-electron chi connectivity index (χ4n) is 4.99. The van der Waals surface area contributed by atoms with Crippen LogP contribution >= 0.6 is 0 Å². The number of alkyl halides is 6. The van der Waals surface area contributed by atoms with Crippen LogP contribution in [0.3, 0.4) is 0 Å². The van der Waals surface area contributed by atoms with Gasteiger partial charge in [0.15, 0.2) is 0 Å². The third kappa shape index (κ3) is 12.0. The lowest BCUT2D eigenvalue weighted by molar-refractivity contribution is -0.388. The van der Waals surface area contributed by atoms with E-state index in [0.29, 0.717) is 37.8 Å². The molecule has 0 unspecified atom stereocenters. The lowest BCUT2D eigenvalue weighted by atomic mass is 9.86. The molecule has 0 atom stereocenters. The zero-order valence-corrected chi connectivity index (χ0v) is 24.4. The van der Waals surface area contributed by atoms with E-state index in [1.54, 1.807) is 0 Å². The highest BCUT2D eigenvalue weighted by Gasteiger charge is 2.39. The number of nitro groups is 2. The number of hydrogen-bond acceptors (Lipinski definition) is 8. The van der Waals surface area contributed by atoms with Crippen molar-refractivity contribution in [3.8, 4) is 0 Å². The van der Waals surface area contributed by atoms with E-state index in [1.807, 2.05) is 0 Å². The molecule has 0 radical (unpaired) electrons. The molecule has 2 fully saturated rings. The van der Waals surface area contributed by atoms with Crippen molar-refractivity contribution in [3.05, 3.63) is 73.6 Å². The number of benzene rings is 2. The van der Waals surface area contributed by atoms with Gasteiger partial charge in [-0.15, -0.1) is 0 Å². The van der Waals surface area contributed by atoms with Gasteiger partial charge >= 0.3 is 24.3 Å². The molecule has 260 valence electrons. The van der Waals surface area contributed by atoms with Crippen molar-refractivity contribution in [2.24, 2.45) is 17.6 Å². The number of nitrogens with one attached hydrogen (secondary N) is 1. The second kappa shape index (κ2) is 16.3. The first kappa shape index (κ1) is 38.6. The first-order valence-corrected chi connectivity index (χ1v) is 14.0. The van der Waals surface area contributed by atoms with Crippen LogP contribution in [0.5, 0.6) is 0 Å². The van der Waals surface area contributed by atoms with Crippen molar-refractivity contribution in [1.82, 2.24) is 0 Å². The van der Waals surface area contributed by atoms with E-state index >= 15 is 0 Å². The zero-order valence-electron chi connectivity index (χ0n) is 24.4. The lowest BCUT2D eigenvalue weighted by Gasteiger charge is -2.27. The molecule has 0 saturated heterocycles. The number of aliphatic carboxylic acids is 2. The SMILES string of the molecule is NC1CCC(C(=O)O)CC1.O=C(O)C1CCC(Nc2ccc([N+](=O)[O-])c(C(F)(F)F)c2)CC1.O=[N+]([O-])c1ccc(F)cc1C(F)(F)F. The largest absolute Gasteiger partial charge is 0.481 e. The molecular weight excluding hydrogens is 653 g/mol. The Balaban J connectivity index is 0.000000271. The molecule has 4 rings (SSSR count). The number of carboxylic acid groups (broad SMARTS) is 2. The molecule has 12 nitrogen and oxygen atoms in total. The van der Waals surface area contributed by atoms with Gasteiger partial charge in [-0.2, -0.15) is 26.3 Å². The van der Waals surface area contributed by atoms with Gasteiger partial charge in [0.2, 0.25) is 0 Å². The maximum absolute atomic E-state index is 12.9. The molecule has 2 aromatic carbocycles. The van der Waals surface area contributed by atoms with E-state index in [-0.39, 0.29) is 29.8 Å². The summed E-state index contributed by atoms with van der Waals surface area (Å²) in [6.45, 7) is 0. The lowest BCUT2D eigenvalue weighted by Crippen LogP contribution is -2.29. The molecule has 0 heterocycles. The molecule has 2 aromatic rings. The molecule has 0 aromatic heterocycles. The van der Waals surface area contributed by atoms with E-state index < -0.39 is 68.4 Å². The van der Waals surface area contributed by atoms with E-state index in [0.717, 1.165) is 37.8 Å². The van der Waals surface area contributed by atoms with Gasteiger partial charge in [-0.1, -0.05) is 0 Å². The Morgan fingerprint density at radius 2 is 1.13 bits per heavy atom. The molecule has 0 bridgehead atoms. The minimum Gasteiger partial charge on any atom is -0.481 e. The molecule has 0 spiro atoms. The second-order valence-corrected chi connectivity index (χ2v) is 10.9. The molecular formula is C28H31F7N4O8. The normalized spacial score (nSPS) is 21.2. The Kier molecular flexibility index (Phi) is 13.4. The summed E-state index contributed by atoms with van der Waals surface area (Å²) in [6.07, 6.45) is -4.53. The average molecular weight is 685 g/mol. The minimum atomic E-state index is -4.93. The van der Waals surface area contributed by atoms with Crippen LogP contribution in [-0.2, 0) is 21.9 Å². The number of rotatable bonds is 6. The topological polar surface area (TPSA) is 199 Å². The summed E-state index contributed by atoms with van der Waals surface area (Å²) in [7, 11) is 0. The van der Waals surface area contributed by atoms with Crippen LogP contribution in [0.15, 0.2) is 36.4 Å². The first-order valence-electron chi connectivity index (χ1n) is 14.0. The van der Waals surface area contributed by atoms with Gasteiger partial charge in [-0.25, -0.2) is 4.39 Å². The maximum atomic E-state index is 12.9. The summed E-state index contributed by atoms with van der Waals surface area (Å²) in [5.41, 5.74) is 0.722. The third-order valence-corrected chi connectivity index (χ3v) is 7.53. The molecule has 0 amide bonds. The van der Waals surface area contributed by atoms with Gasteiger partial charge < -0.3 is 21.3 Å². The molecule has 0 aliphatic heterocycles. The monoisotopic (exact) mass is 684 g/mol. The molecule has 2 saturated carbocycles. The van der Waals surface area contributed by atoms with Crippen LogP contribution in [0.4, 0.5) is 47.8 Å². The summed E-state index contributed by atoms with van der Waals surface area (Å²) >= 11 is 0. The van der Waals surface area contributed by atoms with Crippen LogP contribution in [-0.4, -0.2) is 44.1 Å². The minimum absolute atomic E-state index is 0.0954. The number of nitrogens with two attached hydrogens (primary N) is 1. The first-order chi connectivity index (χ1) is 21.7. The van der Waals surface area contributed by atoms with Gasteiger partial charge in [-0.05, 0) is 75.6 Å². The fourth-order valence-corrected chi connectivity index (χ4v) is 4.99. The van der Waals surface area contributed by atoms with Crippen LogP contribution in [0.25, 0.3) is 0 Å². The second-order valence-electron chi connectivity index (χ2n) is 10.9. The Hall–Kier alpha value is -4.55. The maximum Gasteiger partial charge on any atom is 0.423 e. The van der Waals surface area contributed by atoms with Crippen molar-refractivity contribution in [1.29, 1.82) is 0 Å². The van der Waals surface area contributed by atoms with Gasteiger partial charge in [0.1, 0.15) is 16.9 Å². The number of anilines is 1. The predicted molar refractivity (Wildman–Crippen MR) is 151 cm³/mol. The van der Waals surface area contributed by atoms with Crippen molar-refractivity contribution >= 4 is 29.0 Å². The van der Waals surface area contributed by atoms with Gasteiger partial charge in [-0.3, -0.25) is 29.8 Å². The number of hydrogen-bond donors (Lipinski definition) is 4. The van der Waals surface area contributed by atoms with E-state index in [1.165, 1.54) is 6.07 Å². The van der Waals surface area contributed by atoms with Crippen molar-refractivity contribution < 1.29 is 60.4 Å². The highest BCUT2D eigenvalue weighted by atomic mass is 19.4. The zero-order chi connectivity index (χ0) is 35.7. The summed E-state index contributed by atoms with van der Waals surface area (Å²) in [5, 5.41) is 41.3. The van der Waals surface area contributed by atoms with Crippen molar-refractivity contribution in [2.75, 3.05) is 5.32 Å². The number of carboxylic acids is 2. The molecule has 2 aliphatic rings. The van der Waals surface area contributed by atoms with Crippen molar-refractivity contribution in [3.63, 3.8) is 0 Å². The fraction of sp³-hybridized carbons (Fsp3) is 0.500. The average Bonchev–Trinajstić information content (AvgIpc) is 2.97. The van der Waals surface area contributed by atoms with Crippen LogP contribution in [0.2, 0.25) is 0 Å². The third-order valence-electron chi connectivity index (χ3n) is 7.53.